The van der Waals surface area contributed by atoms with E-state index >= 15 is 0 Å². The van der Waals surface area contributed by atoms with Crippen molar-refractivity contribution < 1.29 is 17.9 Å². The summed E-state index contributed by atoms with van der Waals surface area (Å²) >= 11 is 1.51. The predicted molar refractivity (Wildman–Crippen MR) is 153 cm³/mol. The molecule has 0 spiro atoms. The summed E-state index contributed by atoms with van der Waals surface area (Å²) in [6.07, 6.45) is 1.21. The van der Waals surface area contributed by atoms with E-state index in [2.05, 4.69) is 5.32 Å². The summed E-state index contributed by atoms with van der Waals surface area (Å²) in [4.78, 5) is 14.4. The number of carbonyl (C=O) groups is 1. The standard InChI is InChI=1S/C30H30N2O4S2/c1-23-10-6-8-14-28(23)36-21-20-31-30(33)25-18-16-24(17-19-25)22-32(38(2,34)35)27-13-7-9-15-29(27)37-26-11-4-3-5-12-26/h3-19H,20-22H2,1-2H3,(H,31,33). The second-order valence-corrected chi connectivity index (χ2v) is 11.7. The summed E-state index contributed by atoms with van der Waals surface area (Å²) in [5.41, 5.74) is 2.92. The normalized spacial score (nSPS) is 11.1. The Morgan fingerprint density at radius 1 is 0.868 bits per heavy atom. The summed E-state index contributed by atoms with van der Waals surface area (Å²) in [6.45, 7) is 2.85. The Labute approximate surface area is 228 Å². The quantitative estimate of drug-likeness (QED) is 0.236. The Balaban J connectivity index is 1.41. The lowest BCUT2D eigenvalue weighted by atomic mass is 10.1. The topological polar surface area (TPSA) is 75.7 Å². The number of anilines is 1. The highest BCUT2D eigenvalue weighted by Gasteiger charge is 2.21. The molecular weight excluding hydrogens is 516 g/mol. The zero-order valence-corrected chi connectivity index (χ0v) is 23.0. The Morgan fingerprint density at radius 3 is 2.24 bits per heavy atom. The number of rotatable bonds is 11. The predicted octanol–water partition coefficient (Wildman–Crippen LogP) is 5.92. The Kier molecular flexibility index (Phi) is 9.10. The van der Waals surface area contributed by atoms with Gasteiger partial charge in [0.05, 0.1) is 25.0 Å². The van der Waals surface area contributed by atoms with Gasteiger partial charge in [0.1, 0.15) is 12.4 Å². The number of benzene rings is 4. The molecule has 0 saturated carbocycles. The molecule has 1 N–H and O–H groups in total. The van der Waals surface area contributed by atoms with Crippen molar-refractivity contribution in [1.82, 2.24) is 5.32 Å². The van der Waals surface area contributed by atoms with Crippen LogP contribution in [-0.2, 0) is 16.6 Å². The summed E-state index contributed by atoms with van der Waals surface area (Å²) in [5.74, 6) is 0.583. The smallest absolute Gasteiger partial charge is 0.251 e. The van der Waals surface area contributed by atoms with Crippen molar-refractivity contribution in [2.45, 2.75) is 23.3 Å². The zero-order valence-electron chi connectivity index (χ0n) is 21.3. The van der Waals surface area contributed by atoms with Crippen molar-refractivity contribution in [2.24, 2.45) is 0 Å². The average molecular weight is 547 g/mol. The molecule has 0 aliphatic heterocycles. The van der Waals surface area contributed by atoms with Gasteiger partial charge in [-0.25, -0.2) is 8.42 Å². The molecule has 0 aliphatic carbocycles. The fraction of sp³-hybridized carbons (Fsp3) is 0.167. The third-order valence-corrected chi connectivity index (χ3v) is 7.99. The molecule has 1 amide bonds. The van der Waals surface area contributed by atoms with Crippen molar-refractivity contribution in [1.29, 1.82) is 0 Å². The maximum atomic E-state index is 12.8. The second kappa shape index (κ2) is 12.7. The first-order chi connectivity index (χ1) is 18.3. The first-order valence-electron chi connectivity index (χ1n) is 12.2. The molecule has 38 heavy (non-hydrogen) atoms. The van der Waals surface area contributed by atoms with Crippen LogP contribution < -0.4 is 14.4 Å². The minimum atomic E-state index is -3.57. The summed E-state index contributed by atoms with van der Waals surface area (Å²) in [6, 6.07) is 32.0. The summed E-state index contributed by atoms with van der Waals surface area (Å²) in [7, 11) is -3.57. The molecule has 0 heterocycles. The zero-order chi connectivity index (χ0) is 27.0. The summed E-state index contributed by atoms with van der Waals surface area (Å²) < 4.78 is 32.8. The lowest BCUT2D eigenvalue weighted by Gasteiger charge is -2.25. The van der Waals surface area contributed by atoms with Crippen LogP contribution in [0.1, 0.15) is 21.5 Å². The molecule has 0 radical (unpaired) electrons. The number of sulfonamides is 1. The highest BCUT2D eigenvalue weighted by atomic mass is 32.2. The van der Waals surface area contributed by atoms with Gasteiger partial charge in [-0.2, -0.15) is 0 Å². The van der Waals surface area contributed by atoms with Gasteiger partial charge in [0.25, 0.3) is 5.91 Å². The van der Waals surface area contributed by atoms with E-state index in [-0.39, 0.29) is 12.5 Å². The number of hydrogen-bond donors (Lipinski definition) is 1. The van der Waals surface area contributed by atoms with E-state index in [1.807, 2.05) is 85.8 Å². The van der Waals surface area contributed by atoms with Crippen LogP contribution in [0.4, 0.5) is 5.69 Å². The van der Waals surface area contributed by atoms with Crippen molar-refractivity contribution in [3.8, 4) is 5.75 Å². The van der Waals surface area contributed by atoms with Gasteiger partial charge in [0.2, 0.25) is 10.0 Å². The van der Waals surface area contributed by atoms with E-state index in [4.69, 9.17) is 4.74 Å². The van der Waals surface area contributed by atoms with Crippen molar-refractivity contribution in [2.75, 3.05) is 23.7 Å². The SMILES string of the molecule is Cc1ccccc1OCCNC(=O)c1ccc(CN(c2ccccc2Sc2ccccc2)S(C)(=O)=O)cc1. The van der Waals surface area contributed by atoms with Crippen LogP contribution in [-0.4, -0.2) is 33.7 Å². The van der Waals surface area contributed by atoms with Gasteiger partial charge in [-0.1, -0.05) is 72.4 Å². The number of aryl methyl sites for hydroxylation is 1. The summed E-state index contributed by atoms with van der Waals surface area (Å²) in [5, 5.41) is 2.86. The highest BCUT2D eigenvalue weighted by Crippen LogP contribution is 2.36. The molecule has 0 fully saturated rings. The van der Waals surface area contributed by atoms with Gasteiger partial charge in [-0.3, -0.25) is 9.10 Å². The van der Waals surface area contributed by atoms with E-state index < -0.39 is 10.0 Å². The van der Waals surface area contributed by atoms with Gasteiger partial charge in [-0.05, 0) is 60.5 Å². The van der Waals surface area contributed by atoms with Gasteiger partial charge < -0.3 is 10.1 Å². The fourth-order valence-corrected chi connectivity index (χ4v) is 5.75. The lowest BCUT2D eigenvalue weighted by molar-refractivity contribution is 0.0947. The number of para-hydroxylation sites is 2. The van der Waals surface area contributed by atoms with E-state index in [0.29, 0.717) is 24.4 Å². The fourth-order valence-electron chi connectivity index (χ4n) is 3.82. The molecule has 4 rings (SSSR count). The molecule has 4 aromatic rings. The molecule has 0 saturated heterocycles. The van der Waals surface area contributed by atoms with Crippen LogP contribution in [0.5, 0.6) is 5.75 Å². The molecule has 0 unspecified atom stereocenters. The first kappa shape index (κ1) is 27.3. The second-order valence-electron chi connectivity index (χ2n) is 8.72. The molecular formula is C30H30N2O4S2. The van der Waals surface area contributed by atoms with Gasteiger partial charge in [0, 0.05) is 15.4 Å². The van der Waals surface area contributed by atoms with E-state index in [9.17, 15) is 13.2 Å². The Morgan fingerprint density at radius 2 is 1.53 bits per heavy atom. The van der Waals surface area contributed by atoms with Crippen molar-refractivity contribution >= 4 is 33.4 Å². The van der Waals surface area contributed by atoms with Crippen molar-refractivity contribution in [3.63, 3.8) is 0 Å². The first-order valence-corrected chi connectivity index (χ1v) is 14.8. The molecule has 0 atom stereocenters. The molecule has 6 nitrogen and oxygen atoms in total. The van der Waals surface area contributed by atoms with Gasteiger partial charge in [-0.15, -0.1) is 0 Å². The van der Waals surface area contributed by atoms with Crippen LogP contribution in [0.3, 0.4) is 0 Å². The van der Waals surface area contributed by atoms with Crippen LogP contribution in [0.2, 0.25) is 0 Å². The molecule has 4 aromatic carbocycles. The van der Waals surface area contributed by atoms with Gasteiger partial charge >= 0.3 is 0 Å². The average Bonchev–Trinajstić information content (AvgIpc) is 2.91. The maximum absolute atomic E-state index is 12.8. The number of amides is 1. The third kappa shape index (κ3) is 7.40. The minimum Gasteiger partial charge on any atom is -0.491 e. The van der Waals surface area contributed by atoms with Crippen LogP contribution in [0.15, 0.2) is 113 Å². The Bertz CT molecular complexity index is 1470. The van der Waals surface area contributed by atoms with Crippen LogP contribution in [0, 0.1) is 6.92 Å². The van der Waals surface area contributed by atoms with Crippen LogP contribution >= 0.6 is 11.8 Å². The molecule has 0 bridgehead atoms. The number of nitrogens with one attached hydrogen (secondary N) is 1. The van der Waals surface area contributed by atoms with Crippen molar-refractivity contribution in [3.05, 3.63) is 120 Å². The largest absolute Gasteiger partial charge is 0.491 e. The maximum Gasteiger partial charge on any atom is 0.251 e. The highest BCUT2D eigenvalue weighted by molar-refractivity contribution is 7.99. The molecule has 8 heteroatoms. The minimum absolute atomic E-state index is 0.150. The Hall–Kier alpha value is -3.75. The van der Waals surface area contributed by atoms with E-state index in [1.165, 1.54) is 22.3 Å². The number of ether oxygens (including phenoxy) is 1. The van der Waals surface area contributed by atoms with E-state index in [0.717, 1.165) is 26.7 Å². The van der Waals surface area contributed by atoms with Crippen LogP contribution in [0.25, 0.3) is 0 Å². The molecule has 0 aromatic heterocycles. The number of carbonyl (C=O) groups excluding carboxylic acids is 1. The number of nitrogens with zero attached hydrogens (tertiary/aromatic N) is 1. The molecule has 196 valence electrons. The lowest BCUT2D eigenvalue weighted by Crippen LogP contribution is -2.30. The monoisotopic (exact) mass is 546 g/mol. The van der Waals surface area contributed by atoms with Gasteiger partial charge in [0.15, 0.2) is 0 Å². The van der Waals surface area contributed by atoms with E-state index in [1.54, 1.807) is 24.3 Å². The number of hydrogen-bond acceptors (Lipinski definition) is 5. The third-order valence-electron chi connectivity index (χ3n) is 5.79. The molecule has 0 aliphatic rings.